The molecular weight excluding hydrogens is 421 g/mol. The van der Waals surface area contributed by atoms with Crippen molar-refractivity contribution in [1.82, 2.24) is 10.2 Å². The summed E-state index contributed by atoms with van der Waals surface area (Å²) in [6.45, 7) is 4.70. The molecule has 1 N–H and O–H groups in total. The molecule has 2 aliphatic rings. The monoisotopic (exact) mass is 445 g/mol. The first kappa shape index (κ1) is 21.2. The number of amides is 1. The summed E-state index contributed by atoms with van der Waals surface area (Å²) in [7, 11) is 0. The molecule has 1 aromatic heterocycles. The number of nitrogens with one attached hydrogen (secondary N) is 1. The molecule has 0 spiro atoms. The maximum Gasteiger partial charge on any atom is 0.241 e. The second-order valence-electron chi connectivity index (χ2n) is 7.81. The van der Waals surface area contributed by atoms with E-state index in [0.29, 0.717) is 13.1 Å². The average molecular weight is 446 g/mol. The van der Waals surface area contributed by atoms with E-state index >= 15 is 0 Å². The van der Waals surface area contributed by atoms with Crippen LogP contribution in [-0.4, -0.2) is 43.5 Å². The number of hydrogen-bond acceptors (Lipinski definition) is 4. The minimum atomic E-state index is 0. The molecule has 0 unspecified atom stereocenters. The van der Waals surface area contributed by atoms with Gasteiger partial charge in [-0.3, -0.25) is 9.69 Å². The van der Waals surface area contributed by atoms with E-state index in [1.807, 2.05) is 41.3 Å². The number of fused-ring (bicyclic) bond motifs is 3. The van der Waals surface area contributed by atoms with Crippen molar-refractivity contribution in [3.63, 3.8) is 0 Å². The molecule has 5 nitrogen and oxygen atoms in total. The Kier molecular flexibility index (Phi) is 6.34. The molecule has 0 atom stereocenters. The maximum atomic E-state index is 12.8. The van der Waals surface area contributed by atoms with Crippen molar-refractivity contribution in [2.45, 2.75) is 19.4 Å². The van der Waals surface area contributed by atoms with E-state index in [4.69, 9.17) is 16.0 Å². The molecule has 1 saturated heterocycles. The standard InChI is InChI=1S/C23H24ClN3O2.ClH/c24-17-3-1-16(2-4-17)8-10-26-11-12-27(23(28)15-26)18-5-6-19-20-14-25-9-7-21(20)29-22(19)13-18;/h1-6,13,25H,7-12,14-15H2;1H. The van der Waals surface area contributed by atoms with Crippen LogP contribution >= 0.6 is 24.0 Å². The van der Waals surface area contributed by atoms with Gasteiger partial charge in [0.15, 0.2) is 0 Å². The highest BCUT2D eigenvalue weighted by atomic mass is 35.5. The van der Waals surface area contributed by atoms with E-state index in [2.05, 4.69) is 16.3 Å². The Labute approximate surface area is 187 Å². The summed E-state index contributed by atoms with van der Waals surface area (Å²) < 4.78 is 6.08. The van der Waals surface area contributed by atoms with Gasteiger partial charge in [0.1, 0.15) is 11.3 Å². The molecule has 30 heavy (non-hydrogen) atoms. The summed E-state index contributed by atoms with van der Waals surface area (Å²) in [6.07, 6.45) is 1.84. The van der Waals surface area contributed by atoms with Crippen molar-refractivity contribution < 1.29 is 9.21 Å². The third-order valence-electron chi connectivity index (χ3n) is 5.93. The summed E-state index contributed by atoms with van der Waals surface area (Å²) in [5.41, 5.74) is 4.32. The zero-order valence-corrected chi connectivity index (χ0v) is 18.3. The van der Waals surface area contributed by atoms with Crippen molar-refractivity contribution in [2.24, 2.45) is 0 Å². The Morgan fingerprint density at radius 1 is 1.10 bits per heavy atom. The molecule has 2 aliphatic heterocycles. The van der Waals surface area contributed by atoms with Crippen molar-refractivity contribution in [3.8, 4) is 0 Å². The molecule has 0 aliphatic carbocycles. The van der Waals surface area contributed by atoms with Gasteiger partial charge in [-0.15, -0.1) is 12.4 Å². The number of nitrogens with zero attached hydrogens (tertiary/aromatic N) is 2. The predicted octanol–water partition coefficient (Wildman–Crippen LogP) is 4.05. The number of carbonyl (C=O) groups is 1. The fraction of sp³-hybridized carbons (Fsp3) is 0.348. The topological polar surface area (TPSA) is 48.7 Å². The van der Waals surface area contributed by atoms with Gasteiger partial charge in [0.2, 0.25) is 5.91 Å². The number of rotatable bonds is 4. The second-order valence-corrected chi connectivity index (χ2v) is 8.25. The van der Waals surface area contributed by atoms with Crippen LogP contribution in [0.4, 0.5) is 5.69 Å². The number of anilines is 1. The highest BCUT2D eigenvalue weighted by Gasteiger charge is 2.26. The van der Waals surface area contributed by atoms with Gasteiger partial charge in [-0.1, -0.05) is 23.7 Å². The van der Waals surface area contributed by atoms with Crippen molar-refractivity contribution in [3.05, 3.63) is 64.4 Å². The molecule has 2 aromatic carbocycles. The fourth-order valence-electron chi connectivity index (χ4n) is 4.29. The Morgan fingerprint density at radius 2 is 1.93 bits per heavy atom. The number of halogens is 2. The first-order chi connectivity index (χ1) is 14.2. The Morgan fingerprint density at radius 3 is 2.73 bits per heavy atom. The van der Waals surface area contributed by atoms with E-state index in [9.17, 15) is 4.79 Å². The van der Waals surface area contributed by atoms with Crippen LogP contribution < -0.4 is 10.2 Å². The number of furan rings is 1. The molecule has 0 saturated carbocycles. The highest BCUT2D eigenvalue weighted by Crippen LogP contribution is 2.31. The first-order valence-electron chi connectivity index (χ1n) is 10.2. The molecule has 3 aromatic rings. The van der Waals surface area contributed by atoms with Gasteiger partial charge in [-0.25, -0.2) is 0 Å². The summed E-state index contributed by atoms with van der Waals surface area (Å²) in [6, 6.07) is 14.1. The number of hydrogen-bond donors (Lipinski definition) is 1. The molecule has 5 rings (SSSR count). The van der Waals surface area contributed by atoms with Gasteiger partial charge in [0.05, 0.1) is 6.54 Å². The lowest BCUT2D eigenvalue weighted by atomic mass is 10.1. The third kappa shape index (κ3) is 4.21. The van der Waals surface area contributed by atoms with Gasteiger partial charge >= 0.3 is 0 Å². The molecule has 3 heterocycles. The number of carbonyl (C=O) groups excluding carboxylic acids is 1. The lowest BCUT2D eigenvalue weighted by Gasteiger charge is -2.34. The number of piperazine rings is 1. The molecule has 1 amide bonds. The SMILES string of the molecule is Cl.O=C1CN(CCc2ccc(Cl)cc2)CCN1c1ccc2c3c(oc2c1)CCNC3. The summed E-state index contributed by atoms with van der Waals surface area (Å²) >= 11 is 5.95. The van der Waals surface area contributed by atoms with Crippen LogP contribution in [0.3, 0.4) is 0 Å². The second kappa shape index (κ2) is 8.98. The van der Waals surface area contributed by atoms with E-state index in [-0.39, 0.29) is 18.3 Å². The molecule has 7 heteroatoms. The van der Waals surface area contributed by atoms with Crippen molar-refractivity contribution >= 4 is 46.6 Å². The predicted molar refractivity (Wildman–Crippen MR) is 123 cm³/mol. The maximum absolute atomic E-state index is 12.8. The van der Waals surface area contributed by atoms with Gasteiger partial charge in [0.25, 0.3) is 0 Å². The quantitative estimate of drug-likeness (QED) is 0.657. The van der Waals surface area contributed by atoms with E-state index in [1.165, 1.54) is 11.1 Å². The van der Waals surface area contributed by atoms with Crippen LogP contribution in [0.25, 0.3) is 11.0 Å². The summed E-state index contributed by atoms with van der Waals surface area (Å²) in [5.74, 6) is 1.22. The van der Waals surface area contributed by atoms with Gasteiger partial charge in [-0.05, 0) is 36.2 Å². The van der Waals surface area contributed by atoms with E-state index in [1.54, 1.807) is 0 Å². The zero-order chi connectivity index (χ0) is 19.8. The van der Waals surface area contributed by atoms with Crippen molar-refractivity contribution in [2.75, 3.05) is 37.6 Å². The minimum Gasteiger partial charge on any atom is -0.461 e. The molecule has 0 bridgehead atoms. The Hall–Kier alpha value is -2.05. The van der Waals surface area contributed by atoms with Crippen LogP contribution in [0.5, 0.6) is 0 Å². The fourth-order valence-corrected chi connectivity index (χ4v) is 4.42. The summed E-state index contributed by atoms with van der Waals surface area (Å²) in [4.78, 5) is 16.9. The number of benzene rings is 2. The normalized spacial score (nSPS) is 17.1. The average Bonchev–Trinajstić information content (AvgIpc) is 3.11. The van der Waals surface area contributed by atoms with Gasteiger partial charge < -0.3 is 14.6 Å². The van der Waals surface area contributed by atoms with E-state index in [0.717, 1.165) is 66.5 Å². The highest BCUT2D eigenvalue weighted by molar-refractivity contribution is 6.30. The first-order valence-corrected chi connectivity index (χ1v) is 10.6. The Bertz CT molecular complexity index is 1050. The third-order valence-corrected chi connectivity index (χ3v) is 6.18. The largest absolute Gasteiger partial charge is 0.461 e. The molecule has 158 valence electrons. The zero-order valence-electron chi connectivity index (χ0n) is 16.7. The van der Waals surface area contributed by atoms with E-state index < -0.39 is 0 Å². The molecule has 0 radical (unpaired) electrons. The van der Waals surface area contributed by atoms with Crippen LogP contribution in [0.1, 0.15) is 16.9 Å². The van der Waals surface area contributed by atoms with Crippen LogP contribution in [0.15, 0.2) is 46.9 Å². The minimum absolute atomic E-state index is 0. The molecule has 1 fully saturated rings. The van der Waals surface area contributed by atoms with Crippen LogP contribution in [0.2, 0.25) is 5.02 Å². The van der Waals surface area contributed by atoms with Crippen LogP contribution in [0, 0.1) is 0 Å². The van der Waals surface area contributed by atoms with Crippen molar-refractivity contribution in [1.29, 1.82) is 0 Å². The lowest BCUT2D eigenvalue weighted by molar-refractivity contribution is -0.121. The molecular formula is C23H25Cl2N3O2. The smallest absolute Gasteiger partial charge is 0.241 e. The van der Waals surface area contributed by atoms with Gasteiger partial charge in [-0.2, -0.15) is 0 Å². The Balaban J connectivity index is 0.00000218. The van der Waals surface area contributed by atoms with Crippen LogP contribution in [-0.2, 0) is 24.2 Å². The lowest BCUT2D eigenvalue weighted by Crippen LogP contribution is -2.50. The van der Waals surface area contributed by atoms with Gasteiger partial charge in [0, 0.05) is 66.9 Å². The summed E-state index contributed by atoms with van der Waals surface area (Å²) in [5, 5.41) is 5.31.